The summed E-state index contributed by atoms with van der Waals surface area (Å²) < 4.78 is 15.9. The Kier molecular flexibility index (Phi) is 2.62. The van der Waals surface area contributed by atoms with Crippen molar-refractivity contribution in [2.75, 3.05) is 5.73 Å². The molecule has 0 saturated heterocycles. The number of halogens is 2. The molecule has 2 N–H and O–H groups in total. The molecule has 1 aromatic heterocycles. The number of aromatic nitrogens is 2. The minimum atomic E-state index is -0.304. The molecule has 1 aliphatic rings. The Balaban J connectivity index is 2.10. The third-order valence-electron chi connectivity index (χ3n) is 3.92. The smallest absolute Gasteiger partial charge is 0.201 e. The molecule has 1 aliphatic carbocycles. The Labute approximate surface area is 113 Å². The van der Waals surface area contributed by atoms with Crippen molar-refractivity contribution in [1.29, 1.82) is 0 Å². The number of imidazole rings is 1. The number of benzene rings is 1. The Hall–Kier alpha value is -1.10. The first-order valence-electron chi connectivity index (χ1n) is 6.09. The van der Waals surface area contributed by atoms with Crippen molar-refractivity contribution in [3.8, 4) is 0 Å². The summed E-state index contributed by atoms with van der Waals surface area (Å²) >= 11 is 3.21. The average molecular weight is 312 g/mol. The lowest BCUT2D eigenvalue weighted by atomic mass is 9.70. The van der Waals surface area contributed by atoms with Gasteiger partial charge in [0.15, 0.2) is 0 Å². The van der Waals surface area contributed by atoms with E-state index in [1.165, 1.54) is 25.3 Å². The van der Waals surface area contributed by atoms with Crippen LogP contribution in [0.2, 0.25) is 0 Å². The van der Waals surface area contributed by atoms with Crippen LogP contribution in [0.5, 0.6) is 0 Å². The maximum Gasteiger partial charge on any atom is 0.201 e. The molecule has 0 spiro atoms. The van der Waals surface area contributed by atoms with Crippen LogP contribution in [0.25, 0.3) is 11.0 Å². The summed E-state index contributed by atoms with van der Waals surface area (Å²) in [5, 5.41) is 0. The highest BCUT2D eigenvalue weighted by Crippen LogP contribution is 2.42. The zero-order chi connectivity index (χ0) is 12.9. The van der Waals surface area contributed by atoms with Crippen molar-refractivity contribution >= 4 is 32.9 Å². The van der Waals surface area contributed by atoms with E-state index in [0.29, 0.717) is 21.4 Å². The van der Waals surface area contributed by atoms with E-state index in [1.807, 2.05) is 4.57 Å². The quantitative estimate of drug-likeness (QED) is 0.918. The Morgan fingerprint density at radius 3 is 2.83 bits per heavy atom. The number of nitrogen functional groups attached to an aromatic ring is 1. The van der Waals surface area contributed by atoms with Gasteiger partial charge in [-0.05, 0) is 40.3 Å². The van der Waals surface area contributed by atoms with Crippen LogP contribution in [0.15, 0.2) is 16.6 Å². The van der Waals surface area contributed by atoms with Gasteiger partial charge in [0.1, 0.15) is 5.82 Å². The predicted molar refractivity (Wildman–Crippen MR) is 73.8 cm³/mol. The van der Waals surface area contributed by atoms with E-state index >= 15 is 0 Å². The fourth-order valence-corrected chi connectivity index (χ4v) is 2.96. The first kappa shape index (κ1) is 12.0. The van der Waals surface area contributed by atoms with Gasteiger partial charge in [-0.1, -0.05) is 13.3 Å². The van der Waals surface area contributed by atoms with Crippen molar-refractivity contribution in [3.05, 3.63) is 22.4 Å². The van der Waals surface area contributed by atoms with Crippen LogP contribution in [0, 0.1) is 11.2 Å². The van der Waals surface area contributed by atoms with E-state index in [0.717, 1.165) is 12.1 Å². The molecule has 1 saturated carbocycles. The van der Waals surface area contributed by atoms with Crippen molar-refractivity contribution in [3.63, 3.8) is 0 Å². The first-order valence-corrected chi connectivity index (χ1v) is 6.89. The summed E-state index contributed by atoms with van der Waals surface area (Å²) in [6, 6.07) is 3.19. The molecule has 96 valence electrons. The summed E-state index contributed by atoms with van der Waals surface area (Å²) in [5.74, 6) is 0.164. The average Bonchev–Trinajstić information content (AvgIpc) is 2.55. The molecular weight excluding hydrogens is 297 g/mol. The zero-order valence-electron chi connectivity index (χ0n) is 10.2. The van der Waals surface area contributed by atoms with Crippen LogP contribution in [0.3, 0.4) is 0 Å². The fraction of sp³-hybridized carbons (Fsp3) is 0.462. The standard InChI is InChI=1S/C13H15BrFN3/c1-13(3-2-4-13)7-18-11-5-8(14)9(15)6-10(11)17-12(18)16/h5-6H,2-4,7H2,1H3,(H2,16,17). The summed E-state index contributed by atoms with van der Waals surface area (Å²) in [6.45, 7) is 3.12. The van der Waals surface area contributed by atoms with Crippen LogP contribution < -0.4 is 5.73 Å². The topological polar surface area (TPSA) is 43.8 Å². The van der Waals surface area contributed by atoms with Gasteiger partial charge in [0.05, 0.1) is 15.5 Å². The molecule has 1 heterocycles. The first-order chi connectivity index (χ1) is 8.48. The number of rotatable bonds is 2. The van der Waals surface area contributed by atoms with Crippen molar-refractivity contribution in [1.82, 2.24) is 9.55 Å². The molecule has 0 atom stereocenters. The van der Waals surface area contributed by atoms with Crippen LogP contribution in [-0.4, -0.2) is 9.55 Å². The van der Waals surface area contributed by atoms with Gasteiger partial charge in [0.25, 0.3) is 0 Å². The minimum absolute atomic E-state index is 0.304. The molecule has 0 aliphatic heterocycles. The second-order valence-corrected chi connectivity index (χ2v) is 6.33. The normalized spacial score (nSPS) is 17.9. The van der Waals surface area contributed by atoms with E-state index in [1.54, 1.807) is 6.07 Å². The molecule has 0 radical (unpaired) electrons. The highest BCUT2D eigenvalue weighted by Gasteiger charge is 2.33. The highest BCUT2D eigenvalue weighted by molar-refractivity contribution is 9.10. The summed E-state index contributed by atoms with van der Waals surface area (Å²) in [4.78, 5) is 4.24. The Morgan fingerprint density at radius 1 is 1.50 bits per heavy atom. The number of fused-ring (bicyclic) bond motifs is 1. The molecule has 1 aromatic carbocycles. The lowest BCUT2D eigenvalue weighted by Crippen LogP contribution is -2.31. The maximum absolute atomic E-state index is 13.5. The summed E-state index contributed by atoms with van der Waals surface area (Å²) in [7, 11) is 0. The number of nitrogens with zero attached hydrogens (tertiary/aromatic N) is 2. The van der Waals surface area contributed by atoms with Gasteiger partial charge in [0.2, 0.25) is 5.95 Å². The second kappa shape index (κ2) is 3.95. The van der Waals surface area contributed by atoms with E-state index in [2.05, 4.69) is 27.8 Å². The van der Waals surface area contributed by atoms with Gasteiger partial charge in [-0.2, -0.15) is 0 Å². The molecule has 3 rings (SSSR count). The number of nitrogens with two attached hydrogens (primary N) is 1. The van der Waals surface area contributed by atoms with Gasteiger partial charge in [-0.3, -0.25) is 0 Å². The maximum atomic E-state index is 13.5. The highest BCUT2D eigenvalue weighted by atomic mass is 79.9. The van der Waals surface area contributed by atoms with Crippen LogP contribution >= 0.6 is 15.9 Å². The van der Waals surface area contributed by atoms with E-state index in [4.69, 9.17) is 5.73 Å². The molecule has 3 nitrogen and oxygen atoms in total. The monoisotopic (exact) mass is 311 g/mol. The predicted octanol–water partition coefficient (Wildman–Crippen LogP) is 3.71. The van der Waals surface area contributed by atoms with Crippen LogP contribution in [-0.2, 0) is 6.54 Å². The molecule has 0 bridgehead atoms. The molecule has 0 unspecified atom stereocenters. The second-order valence-electron chi connectivity index (χ2n) is 5.48. The molecule has 0 amide bonds. The zero-order valence-corrected chi connectivity index (χ0v) is 11.8. The van der Waals surface area contributed by atoms with Crippen LogP contribution in [0.1, 0.15) is 26.2 Å². The minimum Gasteiger partial charge on any atom is -0.369 e. The van der Waals surface area contributed by atoms with E-state index in [9.17, 15) is 4.39 Å². The largest absolute Gasteiger partial charge is 0.369 e. The van der Waals surface area contributed by atoms with Crippen molar-refractivity contribution < 1.29 is 4.39 Å². The summed E-state index contributed by atoms with van der Waals surface area (Å²) in [5.41, 5.74) is 7.78. The molecular formula is C13H15BrFN3. The van der Waals surface area contributed by atoms with Gasteiger partial charge in [-0.25, -0.2) is 9.37 Å². The van der Waals surface area contributed by atoms with Gasteiger partial charge >= 0.3 is 0 Å². The molecule has 1 fully saturated rings. The van der Waals surface area contributed by atoms with Gasteiger partial charge in [-0.15, -0.1) is 0 Å². The fourth-order valence-electron chi connectivity index (χ4n) is 2.63. The van der Waals surface area contributed by atoms with Crippen molar-refractivity contribution in [2.45, 2.75) is 32.7 Å². The van der Waals surface area contributed by atoms with E-state index < -0.39 is 0 Å². The molecule has 2 aromatic rings. The Bertz CT molecular complexity index is 616. The lowest BCUT2D eigenvalue weighted by Gasteiger charge is -2.38. The Morgan fingerprint density at radius 2 is 2.22 bits per heavy atom. The third kappa shape index (κ3) is 1.81. The van der Waals surface area contributed by atoms with E-state index in [-0.39, 0.29) is 5.82 Å². The van der Waals surface area contributed by atoms with Crippen LogP contribution in [0.4, 0.5) is 10.3 Å². The van der Waals surface area contributed by atoms with Gasteiger partial charge in [0, 0.05) is 12.6 Å². The summed E-state index contributed by atoms with van der Waals surface area (Å²) in [6.07, 6.45) is 3.71. The number of hydrogen-bond acceptors (Lipinski definition) is 2. The SMILES string of the molecule is CC1(Cn2c(N)nc3cc(F)c(Br)cc32)CCC1. The third-order valence-corrected chi connectivity index (χ3v) is 4.53. The molecule has 18 heavy (non-hydrogen) atoms. The lowest BCUT2D eigenvalue weighted by molar-refractivity contribution is 0.135. The van der Waals surface area contributed by atoms with Crippen molar-refractivity contribution in [2.24, 2.45) is 5.41 Å². The number of anilines is 1. The molecule has 5 heteroatoms. The van der Waals surface area contributed by atoms with Gasteiger partial charge < -0.3 is 10.3 Å². The number of hydrogen-bond donors (Lipinski definition) is 1.